The molecule has 0 aliphatic carbocycles. The van der Waals surface area contributed by atoms with Crippen molar-refractivity contribution in [3.8, 4) is 0 Å². The molecule has 1 rings (SSSR count). The molecule has 1 N–H and O–H groups in total. The molecule has 1 aliphatic heterocycles. The molecule has 1 fully saturated rings. The Morgan fingerprint density at radius 2 is 1.76 bits per heavy atom. The molecule has 0 bridgehead atoms. The topological polar surface area (TPSA) is 58.6 Å². The summed E-state index contributed by atoms with van der Waals surface area (Å²) in [5.41, 5.74) is -0.326. The zero-order chi connectivity index (χ0) is 13.1. The SMILES string of the molecule is COC(=O)N[C@H](C(=O)N1CCCC1)C(C)(C)C. The number of amides is 2. The Morgan fingerprint density at radius 1 is 1.24 bits per heavy atom. The number of carbonyl (C=O) groups is 2. The van der Waals surface area contributed by atoms with E-state index in [1.165, 1.54) is 7.11 Å². The van der Waals surface area contributed by atoms with Gasteiger partial charge in [-0.3, -0.25) is 4.79 Å². The van der Waals surface area contributed by atoms with Crippen molar-refractivity contribution < 1.29 is 14.3 Å². The molecule has 5 nitrogen and oxygen atoms in total. The lowest BCUT2D eigenvalue weighted by Gasteiger charge is -2.32. The zero-order valence-electron chi connectivity index (χ0n) is 11.1. The fraction of sp³-hybridized carbons (Fsp3) is 0.833. The van der Waals surface area contributed by atoms with Crippen LogP contribution < -0.4 is 5.32 Å². The van der Waals surface area contributed by atoms with Crippen molar-refractivity contribution in [3.05, 3.63) is 0 Å². The molecule has 0 radical (unpaired) electrons. The van der Waals surface area contributed by atoms with E-state index in [4.69, 9.17) is 0 Å². The standard InChI is InChI=1S/C12H22N2O3/c1-12(2,3)9(13-11(16)17-4)10(15)14-7-5-6-8-14/h9H,5-8H2,1-4H3,(H,13,16)/t9-/m1/s1. The number of hydrogen-bond acceptors (Lipinski definition) is 3. The molecule has 5 heteroatoms. The summed E-state index contributed by atoms with van der Waals surface area (Å²) in [7, 11) is 1.30. The van der Waals surface area contributed by atoms with E-state index in [2.05, 4.69) is 10.1 Å². The number of methoxy groups -OCH3 is 1. The Kier molecular flexibility index (Phi) is 4.37. The van der Waals surface area contributed by atoms with Gasteiger partial charge >= 0.3 is 6.09 Å². The fourth-order valence-electron chi connectivity index (χ4n) is 1.95. The third-order valence-corrected chi connectivity index (χ3v) is 2.98. The summed E-state index contributed by atoms with van der Waals surface area (Å²) in [5, 5.41) is 2.63. The van der Waals surface area contributed by atoms with Gasteiger partial charge in [0.05, 0.1) is 7.11 Å². The first kappa shape index (κ1) is 13.8. The summed E-state index contributed by atoms with van der Waals surface area (Å²) in [6.45, 7) is 7.37. The number of nitrogens with one attached hydrogen (secondary N) is 1. The number of rotatable bonds is 2. The highest BCUT2D eigenvalue weighted by Gasteiger charge is 2.36. The third-order valence-electron chi connectivity index (χ3n) is 2.98. The van der Waals surface area contributed by atoms with Crippen LogP contribution in [0.15, 0.2) is 0 Å². The number of alkyl carbamates (subject to hydrolysis) is 1. The fourth-order valence-corrected chi connectivity index (χ4v) is 1.95. The average molecular weight is 242 g/mol. The molecule has 0 saturated carbocycles. The van der Waals surface area contributed by atoms with E-state index in [-0.39, 0.29) is 11.3 Å². The van der Waals surface area contributed by atoms with Crippen LogP contribution in [0, 0.1) is 5.41 Å². The second-order valence-electron chi connectivity index (χ2n) is 5.47. The maximum absolute atomic E-state index is 12.3. The summed E-state index contributed by atoms with van der Waals surface area (Å²) in [6.07, 6.45) is 1.53. The molecule has 2 amide bonds. The minimum atomic E-state index is -0.558. The third kappa shape index (κ3) is 3.61. The summed E-state index contributed by atoms with van der Waals surface area (Å²) in [4.78, 5) is 25.4. The molecule has 0 aromatic heterocycles. The first-order valence-corrected chi connectivity index (χ1v) is 5.99. The van der Waals surface area contributed by atoms with Gasteiger partial charge in [0.25, 0.3) is 0 Å². The number of ether oxygens (including phenoxy) is 1. The van der Waals surface area contributed by atoms with E-state index >= 15 is 0 Å². The van der Waals surface area contributed by atoms with Gasteiger partial charge in [-0.05, 0) is 18.3 Å². The largest absolute Gasteiger partial charge is 0.453 e. The van der Waals surface area contributed by atoms with E-state index in [0.29, 0.717) is 0 Å². The van der Waals surface area contributed by atoms with Gasteiger partial charge in [0, 0.05) is 13.1 Å². The Morgan fingerprint density at radius 3 is 2.18 bits per heavy atom. The maximum atomic E-state index is 12.3. The van der Waals surface area contributed by atoms with Gasteiger partial charge in [0.2, 0.25) is 5.91 Å². The van der Waals surface area contributed by atoms with Crippen LogP contribution >= 0.6 is 0 Å². The number of hydrogen-bond donors (Lipinski definition) is 1. The van der Waals surface area contributed by atoms with Crippen LogP contribution in [0.25, 0.3) is 0 Å². The lowest BCUT2D eigenvalue weighted by atomic mass is 9.86. The number of likely N-dealkylation sites (tertiary alicyclic amines) is 1. The van der Waals surface area contributed by atoms with E-state index < -0.39 is 12.1 Å². The highest BCUT2D eigenvalue weighted by atomic mass is 16.5. The Balaban J connectivity index is 2.75. The smallest absolute Gasteiger partial charge is 0.407 e. The van der Waals surface area contributed by atoms with Crippen molar-refractivity contribution in [2.24, 2.45) is 5.41 Å². The monoisotopic (exact) mass is 242 g/mol. The van der Waals surface area contributed by atoms with E-state index in [9.17, 15) is 9.59 Å². The molecule has 17 heavy (non-hydrogen) atoms. The summed E-state index contributed by atoms with van der Waals surface area (Å²) in [5.74, 6) is -0.0135. The molecular weight excluding hydrogens is 220 g/mol. The van der Waals surface area contributed by atoms with Crippen LogP contribution in [0.5, 0.6) is 0 Å². The van der Waals surface area contributed by atoms with Crippen LogP contribution in [-0.4, -0.2) is 43.1 Å². The van der Waals surface area contributed by atoms with Crippen molar-refractivity contribution >= 4 is 12.0 Å². The van der Waals surface area contributed by atoms with Crippen molar-refractivity contribution in [1.82, 2.24) is 10.2 Å². The van der Waals surface area contributed by atoms with Crippen LogP contribution in [0.4, 0.5) is 4.79 Å². The first-order chi connectivity index (χ1) is 7.86. The van der Waals surface area contributed by atoms with Gasteiger partial charge in [0.1, 0.15) is 6.04 Å². The minimum Gasteiger partial charge on any atom is -0.453 e. The van der Waals surface area contributed by atoms with Crippen molar-refractivity contribution in [3.63, 3.8) is 0 Å². The molecule has 1 aliphatic rings. The first-order valence-electron chi connectivity index (χ1n) is 5.99. The quantitative estimate of drug-likeness (QED) is 0.796. The van der Waals surface area contributed by atoms with Crippen LogP contribution in [0.3, 0.4) is 0 Å². The predicted octanol–water partition coefficient (Wildman–Crippen LogP) is 1.38. The zero-order valence-corrected chi connectivity index (χ0v) is 11.1. The minimum absolute atomic E-state index is 0.0135. The predicted molar refractivity (Wildman–Crippen MR) is 64.6 cm³/mol. The molecule has 1 atom stereocenters. The summed E-state index contributed by atoms with van der Waals surface area (Å²) >= 11 is 0. The van der Waals surface area contributed by atoms with Crippen LogP contribution in [0.1, 0.15) is 33.6 Å². The molecule has 0 aromatic carbocycles. The summed E-state index contributed by atoms with van der Waals surface area (Å²) < 4.78 is 4.57. The Hall–Kier alpha value is -1.26. The van der Waals surface area contributed by atoms with Crippen molar-refractivity contribution in [2.45, 2.75) is 39.7 Å². The molecule has 0 aromatic rings. The van der Waals surface area contributed by atoms with Gasteiger partial charge < -0.3 is 15.0 Å². The van der Waals surface area contributed by atoms with E-state index in [1.807, 2.05) is 25.7 Å². The maximum Gasteiger partial charge on any atom is 0.407 e. The Bertz CT molecular complexity index is 291. The van der Waals surface area contributed by atoms with Crippen molar-refractivity contribution in [1.29, 1.82) is 0 Å². The number of carbonyl (C=O) groups excluding carboxylic acids is 2. The molecular formula is C12H22N2O3. The second-order valence-corrected chi connectivity index (χ2v) is 5.47. The van der Waals surface area contributed by atoms with Crippen molar-refractivity contribution in [2.75, 3.05) is 20.2 Å². The van der Waals surface area contributed by atoms with E-state index in [1.54, 1.807) is 0 Å². The van der Waals surface area contributed by atoms with Gasteiger partial charge in [-0.15, -0.1) is 0 Å². The highest BCUT2D eigenvalue weighted by Crippen LogP contribution is 2.23. The lowest BCUT2D eigenvalue weighted by molar-refractivity contribution is -0.134. The molecule has 0 spiro atoms. The van der Waals surface area contributed by atoms with Gasteiger partial charge in [0.15, 0.2) is 0 Å². The Labute approximate surface area is 102 Å². The molecule has 98 valence electrons. The highest BCUT2D eigenvalue weighted by molar-refractivity contribution is 5.86. The second kappa shape index (κ2) is 5.38. The molecule has 1 heterocycles. The van der Waals surface area contributed by atoms with Gasteiger partial charge in [-0.25, -0.2) is 4.79 Å². The molecule has 0 unspecified atom stereocenters. The van der Waals surface area contributed by atoms with Gasteiger partial charge in [-0.1, -0.05) is 20.8 Å². The van der Waals surface area contributed by atoms with E-state index in [0.717, 1.165) is 25.9 Å². The lowest BCUT2D eigenvalue weighted by Crippen LogP contribution is -2.54. The normalized spacial score (nSPS) is 17.8. The van der Waals surface area contributed by atoms with Gasteiger partial charge in [-0.2, -0.15) is 0 Å². The number of nitrogens with zero attached hydrogens (tertiary/aromatic N) is 1. The van der Waals surface area contributed by atoms with Crippen LogP contribution in [0.2, 0.25) is 0 Å². The van der Waals surface area contributed by atoms with Crippen LogP contribution in [-0.2, 0) is 9.53 Å². The summed E-state index contributed by atoms with van der Waals surface area (Å²) in [6, 6.07) is -0.534. The molecule has 1 saturated heterocycles. The average Bonchev–Trinajstić information content (AvgIpc) is 2.76.